The minimum atomic E-state index is -1.24. The van der Waals surface area contributed by atoms with Crippen LogP contribution in [0.1, 0.15) is 22.4 Å². The fourth-order valence-corrected chi connectivity index (χ4v) is 3.45. The second kappa shape index (κ2) is 12.6. The van der Waals surface area contributed by atoms with Crippen LogP contribution in [0, 0.1) is 0 Å². The van der Waals surface area contributed by atoms with Crippen LogP contribution in [-0.4, -0.2) is 64.2 Å². The first kappa shape index (κ1) is 27.3. The summed E-state index contributed by atoms with van der Waals surface area (Å²) < 4.78 is 0. The van der Waals surface area contributed by atoms with Gasteiger partial charge in [-0.15, -0.1) is 0 Å². The number of carbonyl (C=O) groups is 4. The number of para-hydroxylation sites is 2. The Kier molecular flexibility index (Phi) is 9.08. The lowest BCUT2D eigenvalue weighted by Crippen LogP contribution is -2.06. The van der Waals surface area contributed by atoms with Crippen molar-refractivity contribution < 1.29 is 39.6 Å². The molecule has 0 bridgehead atoms. The molecule has 3 aromatic rings. The maximum Gasteiger partial charge on any atom is 0.309 e. The van der Waals surface area contributed by atoms with Crippen molar-refractivity contribution in [3.05, 3.63) is 83.4 Å². The maximum absolute atomic E-state index is 11.6. The number of aromatic nitrogens is 4. The zero-order valence-corrected chi connectivity index (χ0v) is 19.8. The third-order valence-corrected chi connectivity index (χ3v) is 5.04. The van der Waals surface area contributed by atoms with E-state index >= 15 is 0 Å². The van der Waals surface area contributed by atoms with E-state index in [0.717, 1.165) is 6.20 Å². The first-order valence-corrected chi connectivity index (χ1v) is 11.1. The van der Waals surface area contributed by atoms with E-state index < -0.39 is 49.6 Å². The van der Waals surface area contributed by atoms with Crippen LogP contribution in [0.25, 0.3) is 22.1 Å². The summed E-state index contributed by atoms with van der Waals surface area (Å²) in [5.41, 5.74) is 1.40. The van der Waals surface area contributed by atoms with E-state index in [1.54, 1.807) is 24.3 Å². The molecular formula is C26H22N4O8. The first-order chi connectivity index (χ1) is 18.1. The molecule has 0 fully saturated rings. The fourth-order valence-electron chi connectivity index (χ4n) is 3.45. The number of fused-ring (bicyclic) bond motifs is 2. The van der Waals surface area contributed by atoms with Crippen LogP contribution in [0.2, 0.25) is 0 Å². The minimum absolute atomic E-state index is 0.0291. The molecule has 0 saturated heterocycles. The zero-order valence-electron chi connectivity index (χ0n) is 19.8. The van der Waals surface area contributed by atoms with Gasteiger partial charge in [0.05, 0.1) is 53.4 Å². The number of nitrogens with zero attached hydrogens (tertiary/aromatic N) is 4. The third-order valence-electron chi connectivity index (χ3n) is 5.04. The predicted molar refractivity (Wildman–Crippen MR) is 133 cm³/mol. The number of hydrogen-bond acceptors (Lipinski definition) is 8. The van der Waals surface area contributed by atoms with Gasteiger partial charge in [0.1, 0.15) is 0 Å². The highest BCUT2D eigenvalue weighted by atomic mass is 16.4. The third kappa shape index (κ3) is 7.88. The molecule has 0 atom stereocenters. The van der Waals surface area contributed by atoms with Crippen molar-refractivity contribution in [2.45, 2.75) is 25.7 Å². The maximum atomic E-state index is 11.6. The highest BCUT2D eigenvalue weighted by Gasteiger charge is 2.13. The van der Waals surface area contributed by atoms with Gasteiger partial charge in [0.2, 0.25) is 0 Å². The molecule has 0 aliphatic rings. The lowest BCUT2D eigenvalue weighted by molar-refractivity contribution is -0.137. The van der Waals surface area contributed by atoms with Crippen LogP contribution in [0.3, 0.4) is 0 Å². The van der Waals surface area contributed by atoms with Gasteiger partial charge >= 0.3 is 23.9 Å². The van der Waals surface area contributed by atoms with E-state index in [2.05, 4.69) is 19.9 Å². The van der Waals surface area contributed by atoms with Gasteiger partial charge in [-0.05, 0) is 34.9 Å². The van der Waals surface area contributed by atoms with Crippen molar-refractivity contribution >= 4 is 45.9 Å². The minimum Gasteiger partial charge on any atom is -0.481 e. The van der Waals surface area contributed by atoms with E-state index in [1.807, 2.05) is 0 Å². The Morgan fingerprint density at radius 2 is 1.16 bits per heavy atom. The molecule has 1 heterocycles. The normalized spacial score (nSPS) is 10.3. The Bertz CT molecular complexity index is 1560. The smallest absolute Gasteiger partial charge is 0.309 e. The Hall–Kier alpha value is -5.26. The molecule has 12 nitrogen and oxygen atoms in total. The monoisotopic (exact) mass is 518 g/mol. The van der Waals surface area contributed by atoms with Gasteiger partial charge in [-0.1, -0.05) is 24.3 Å². The van der Waals surface area contributed by atoms with Crippen molar-refractivity contribution in [2.24, 2.45) is 0 Å². The van der Waals surface area contributed by atoms with E-state index in [-0.39, 0.29) is 33.4 Å². The van der Waals surface area contributed by atoms with Gasteiger partial charge < -0.3 is 20.4 Å². The molecule has 0 aliphatic carbocycles. The largest absolute Gasteiger partial charge is 0.481 e. The molecule has 38 heavy (non-hydrogen) atoms. The van der Waals surface area contributed by atoms with E-state index in [0.29, 0.717) is 11.0 Å². The second-order valence-electron chi connectivity index (χ2n) is 7.99. The average molecular weight is 518 g/mol. The standard InChI is InChI=1S/C26H22N4O8/c31-21(32)9-15-7-8-27-19-3-1-2-4-20(19)30-26-17(11-23(35)36)6-5-16(10-22(33)34)25(26)29-14-18(28-13-15)12-24(37)38/h1-8,13-14H,9-12H2,(H,31,32)(H,33,34)(H,35,36)(H,37,38). The molecule has 0 saturated carbocycles. The summed E-state index contributed by atoms with van der Waals surface area (Å²) >= 11 is 0. The average Bonchev–Trinajstić information content (AvgIpc) is 2.82. The SMILES string of the molecule is O=C(O)Cc1ccnc2ccccc2nc2c(CC(=O)O)ccc(CC(=O)O)c2ncc(CC(=O)O)nc1. The fraction of sp³-hybridized carbons (Fsp3) is 0.154. The summed E-state index contributed by atoms with van der Waals surface area (Å²) in [4.78, 5) is 63.2. The summed E-state index contributed by atoms with van der Waals surface area (Å²) in [5.74, 6) is -4.70. The zero-order chi connectivity index (χ0) is 27.7. The molecule has 0 amide bonds. The number of benzene rings is 2. The van der Waals surface area contributed by atoms with Gasteiger partial charge in [0.15, 0.2) is 0 Å². The highest BCUT2D eigenvalue weighted by Crippen LogP contribution is 2.21. The van der Waals surface area contributed by atoms with Crippen LogP contribution in [0.4, 0.5) is 0 Å². The highest BCUT2D eigenvalue weighted by molar-refractivity contribution is 5.89. The summed E-state index contributed by atoms with van der Waals surface area (Å²) in [7, 11) is 0. The topological polar surface area (TPSA) is 201 Å². The first-order valence-electron chi connectivity index (χ1n) is 11.1. The van der Waals surface area contributed by atoms with Gasteiger partial charge in [-0.2, -0.15) is 0 Å². The molecule has 0 radical (unpaired) electrons. The van der Waals surface area contributed by atoms with Crippen molar-refractivity contribution in [2.75, 3.05) is 0 Å². The molecule has 1 aromatic heterocycles. The van der Waals surface area contributed by atoms with Gasteiger partial charge in [-0.3, -0.25) is 34.1 Å². The van der Waals surface area contributed by atoms with Gasteiger partial charge in [0, 0.05) is 18.6 Å². The van der Waals surface area contributed by atoms with Crippen LogP contribution in [0.5, 0.6) is 0 Å². The Morgan fingerprint density at radius 3 is 1.76 bits per heavy atom. The molecule has 12 heteroatoms. The molecule has 194 valence electrons. The van der Waals surface area contributed by atoms with Crippen molar-refractivity contribution in [1.82, 2.24) is 19.9 Å². The summed E-state index contributed by atoms with van der Waals surface area (Å²) in [5, 5.41) is 37.4. The molecule has 0 unspecified atom stereocenters. The molecule has 2 aromatic carbocycles. The molecule has 3 rings (SSSR count). The number of hydrogen-bond donors (Lipinski definition) is 4. The van der Waals surface area contributed by atoms with Crippen LogP contribution >= 0.6 is 0 Å². The van der Waals surface area contributed by atoms with Crippen molar-refractivity contribution in [3.8, 4) is 0 Å². The van der Waals surface area contributed by atoms with E-state index in [4.69, 9.17) is 0 Å². The number of rotatable bonds is 8. The number of aliphatic carboxylic acids is 4. The Labute approximate surface area is 214 Å². The lowest BCUT2D eigenvalue weighted by Gasteiger charge is -2.06. The van der Waals surface area contributed by atoms with Gasteiger partial charge in [-0.25, -0.2) is 4.98 Å². The quantitative estimate of drug-likeness (QED) is 0.339. The number of carboxylic acid groups (broad SMARTS) is 4. The molecular weight excluding hydrogens is 496 g/mol. The van der Waals surface area contributed by atoms with E-state index in [9.17, 15) is 39.6 Å². The van der Waals surface area contributed by atoms with Crippen molar-refractivity contribution in [1.29, 1.82) is 0 Å². The molecule has 0 spiro atoms. The van der Waals surface area contributed by atoms with Crippen LogP contribution < -0.4 is 0 Å². The van der Waals surface area contributed by atoms with Crippen molar-refractivity contribution in [3.63, 3.8) is 0 Å². The second-order valence-corrected chi connectivity index (χ2v) is 7.99. The Balaban J connectivity index is 2.57. The molecule has 4 N–H and O–H groups in total. The van der Waals surface area contributed by atoms with Crippen LogP contribution in [0.15, 0.2) is 61.1 Å². The van der Waals surface area contributed by atoms with E-state index in [1.165, 1.54) is 30.6 Å². The summed E-state index contributed by atoms with van der Waals surface area (Å²) in [6.45, 7) is 0. The summed E-state index contributed by atoms with van der Waals surface area (Å²) in [6.07, 6.45) is 1.74. The lowest BCUT2D eigenvalue weighted by atomic mass is 10.0. The van der Waals surface area contributed by atoms with Gasteiger partial charge in [0.25, 0.3) is 0 Å². The van der Waals surface area contributed by atoms with Crippen LogP contribution in [-0.2, 0) is 44.9 Å². The number of carboxylic acids is 4. The summed E-state index contributed by atoms with van der Waals surface area (Å²) in [6, 6.07) is 10.9. The Morgan fingerprint density at radius 1 is 0.579 bits per heavy atom. The predicted octanol–water partition coefficient (Wildman–Crippen LogP) is 2.33. The molecule has 0 aliphatic heterocycles.